The molecule has 1 atom stereocenters. The number of hydrogen-bond donors (Lipinski definition) is 1. The van der Waals surface area contributed by atoms with Crippen LogP contribution in [0.3, 0.4) is 0 Å². The molecule has 1 aliphatic rings. The van der Waals surface area contributed by atoms with E-state index in [4.69, 9.17) is 4.42 Å². The summed E-state index contributed by atoms with van der Waals surface area (Å²) in [5.74, 6) is 1.17. The van der Waals surface area contributed by atoms with Crippen LogP contribution in [-0.2, 0) is 6.42 Å². The molecule has 0 aliphatic carbocycles. The molecule has 4 rings (SSSR count). The number of nitrogens with zero attached hydrogens (tertiary/aromatic N) is 3. The van der Waals surface area contributed by atoms with Gasteiger partial charge in [-0.15, -0.1) is 0 Å². The van der Waals surface area contributed by atoms with Crippen molar-refractivity contribution in [3.63, 3.8) is 0 Å². The van der Waals surface area contributed by atoms with Gasteiger partial charge in [0, 0.05) is 26.1 Å². The maximum atomic E-state index is 13.4. The SMILES string of the molecule is CCNc1nc(C)c(C(=O)N2CCCC(c3ncc(Cc4cccc(F)c4)o3)C2)s1. The topological polar surface area (TPSA) is 71.3 Å². The van der Waals surface area contributed by atoms with E-state index in [0.29, 0.717) is 29.5 Å². The van der Waals surface area contributed by atoms with Gasteiger partial charge in [0.05, 0.1) is 17.8 Å². The number of anilines is 1. The first-order valence-corrected chi connectivity index (χ1v) is 11.0. The highest BCUT2D eigenvalue weighted by Crippen LogP contribution is 2.30. The molecule has 1 unspecified atom stereocenters. The molecule has 158 valence electrons. The molecule has 1 aliphatic heterocycles. The van der Waals surface area contributed by atoms with E-state index in [-0.39, 0.29) is 17.6 Å². The number of rotatable bonds is 6. The standard InChI is InChI=1S/C22H25FN4O2S/c1-3-24-22-26-14(2)19(30-22)21(28)27-9-5-7-16(13-27)20-25-12-18(29-20)11-15-6-4-8-17(23)10-15/h4,6,8,10,12,16H,3,5,7,9,11,13H2,1-2H3,(H,24,26). The smallest absolute Gasteiger partial charge is 0.265 e. The van der Waals surface area contributed by atoms with Gasteiger partial charge in [-0.1, -0.05) is 23.5 Å². The summed E-state index contributed by atoms with van der Waals surface area (Å²) in [6.07, 6.45) is 4.02. The van der Waals surface area contributed by atoms with E-state index in [9.17, 15) is 9.18 Å². The molecule has 3 heterocycles. The molecule has 30 heavy (non-hydrogen) atoms. The van der Waals surface area contributed by atoms with Gasteiger partial charge in [-0.2, -0.15) is 0 Å². The Bertz CT molecular complexity index is 1030. The van der Waals surface area contributed by atoms with Crippen LogP contribution >= 0.6 is 11.3 Å². The Kier molecular flexibility index (Phi) is 6.13. The lowest BCUT2D eigenvalue weighted by Crippen LogP contribution is -2.39. The van der Waals surface area contributed by atoms with Crippen molar-refractivity contribution in [1.29, 1.82) is 0 Å². The largest absolute Gasteiger partial charge is 0.445 e. The molecule has 1 amide bonds. The number of amides is 1. The fraction of sp³-hybridized carbons (Fsp3) is 0.409. The third-order valence-corrected chi connectivity index (χ3v) is 6.32. The molecule has 0 radical (unpaired) electrons. The maximum Gasteiger partial charge on any atom is 0.265 e. The van der Waals surface area contributed by atoms with Crippen LogP contribution in [-0.4, -0.2) is 40.4 Å². The summed E-state index contributed by atoms with van der Waals surface area (Å²) in [6, 6.07) is 6.48. The van der Waals surface area contributed by atoms with E-state index in [0.717, 1.165) is 42.3 Å². The predicted octanol–water partition coefficient (Wildman–Crippen LogP) is 4.62. The zero-order valence-electron chi connectivity index (χ0n) is 17.2. The van der Waals surface area contributed by atoms with Crippen LogP contribution in [0.4, 0.5) is 9.52 Å². The minimum atomic E-state index is -0.260. The van der Waals surface area contributed by atoms with E-state index >= 15 is 0 Å². The highest BCUT2D eigenvalue weighted by molar-refractivity contribution is 7.17. The number of oxazole rings is 1. The van der Waals surface area contributed by atoms with Crippen LogP contribution in [0, 0.1) is 12.7 Å². The lowest BCUT2D eigenvalue weighted by atomic mass is 9.98. The van der Waals surface area contributed by atoms with Gasteiger partial charge in [0.15, 0.2) is 11.0 Å². The zero-order valence-corrected chi connectivity index (χ0v) is 18.0. The van der Waals surface area contributed by atoms with Gasteiger partial charge in [-0.3, -0.25) is 4.79 Å². The van der Waals surface area contributed by atoms with E-state index in [1.165, 1.54) is 23.5 Å². The summed E-state index contributed by atoms with van der Waals surface area (Å²) in [6.45, 7) is 5.95. The molecular formula is C22H25FN4O2S. The van der Waals surface area contributed by atoms with Crippen molar-refractivity contribution >= 4 is 22.4 Å². The van der Waals surface area contributed by atoms with Gasteiger partial charge in [-0.05, 0) is 44.4 Å². The molecule has 6 nitrogen and oxygen atoms in total. The van der Waals surface area contributed by atoms with Crippen LogP contribution in [0.15, 0.2) is 34.9 Å². The third kappa shape index (κ3) is 4.53. The number of carbonyl (C=O) groups excluding carboxylic acids is 1. The van der Waals surface area contributed by atoms with Crippen molar-refractivity contribution < 1.29 is 13.6 Å². The predicted molar refractivity (Wildman–Crippen MR) is 115 cm³/mol. The first-order chi connectivity index (χ1) is 14.5. The lowest BCUT2D eigenvalue weighted by molar-refractivity contribution is 0.0702. The summed E-state index contributed by atoms with van der Waals surface area (Å²) >= 11 is 1.41. The average Bonchev–Trinajstić information content (AvgIpc) is 3.34. The van der Waals surface area contributed by atoms with Gasteiger partial charge >= 0.3 is 0 Å². The number of benzene rings is 1. The summed E-state index contributed by atoms with van der Waals surface area (Å²) in [5.41, 5.74) is 1.60. The molecule has 3 aromatic rings. The Morgan fingerprint density at radius 2 is 2.30 bits per heavy atom. The monoisotopic (exact) mass is 428 g/mol. The third-order valence-electron chi connectivity index (χ3n) is 5.22. The van der Waals surface area contributed by atoms with Crippen LogP contribution in [0.1, 0.15) is 58.3 Å². The zero-order chi connectivity index (χ0) is 21.1. The molecular weight excluding hydrogens is 403 g/mol. The number of thiazole rings is 1. The molecule has 1 fully saturated rings. The Morgan fingerprint density at radius 1 is 1.43 bits per heavy atom. The number of hydrogen-bond acceptors (Lipinski definition) is 6. The van der Waals surface area contributed by atoms with Crippen molar-refractivity contribution in [3.05, 3.63) is 64.1 Å². The van der Waals surface area contributed by atoms with Gasteiger partial charge in [0.2, 0.25) is 0 Å². The van der Waals surface area contributed by atoms with E-state index in [1.54, 1.807) is 12.3 Å². The Labute approximate surface area is 179 Å². The summed E-state index contributed by atoms with van der Waals surface area (Å²) < 4.78 is 19.4. The number of nitrogens with one attached hydrogen (secondary N) is 1. The maximum absolute atomic E-state index is 13.4. The van der Waals surface area contributed by atoms with E-state index < -0.39 is 0 Å². The van der Waals surface area contributed by atoms with Gasteiger partial charge in [0.1, 0.15) is 16.5 Å². The fourth-order valence-electron chi connectivity index (χ4n) is 3.77. The highest BCUT2D eigenvalue weighted by Gasteiger charge is 2.30. The van der Waals surface area contributed by atoms with Crippen molar-refractivity contribution in [2.24, 2.45) is 0 Å². The van der Waals surface area contributed by atoms with Crippen molar-refractivity contribution in [2.45, 2.75) is 39.0 Å². The van der Waals surface area contributed by atoms with Crippen molar-refractivity contribution in [1.82, 2.24) is 14.9 Å². The first-order valence-electron chi connectivity index (χ1n) is 10.2. The second-order valence-corrected chi connectivity index (χ2v) is 8.52. The van der Waals surface area contributed by atoms with Crippen LogP contribution in [0.5, 0.6) is 0 Å². The Morgan fingerprint density at radius 3 is 3.10 bits per heavy atom. The van der Waals surface area contributed by atoms with E-state index in [2.05, 4.69) is 15.3 Å². The van der Waals surface area contributed by atoms with Crippen molar-refractivity contribution in [2.75, 3.05) is 25.0 Å². The Hall–Kier alpha value is -2.74. The molecule has 1 N–H and O–H groups in total. The van der Waals surface area contributed by atoms with Gasteiger partial charge in [0.25, 0.3) is 5.91 Å². The normalized spacial score (nSPS) is 16.6. The lowest BCUT2D eigenvalue weighted by Gasteiger charge is -2.31. The molecule has 2 aromatic heterocycles. The number of carbonyl (C=O) groups is 1. The number of likely N-dealkylation sites (tertiary alicyclic amines) is 1. The Balaban J connectivity index is 1.44. The molecule has 1 aromatic carbocycles. The molecule has 0 saturated carbocycles. The summed E-state index contributed by atoms with van der Waals surface area (Å²) in [4.78, 5) is 24.5. The second kappa shape index (κ2) is 8.95. The molecule has 0 bridgehead atoms. The van der Waals surface area contributed by atoms with Crippen LogP contribution in [0.2, 0.25) is 0 Å². The van der Waals surface area contributed by atoms with Gasteiger partial charge < -0.3 is 14.6 Å². The number of aromatic nitrogens is 2. The average molecular weight is 429 g/mol. The molecule has 0 spiro atoms. The fourth-order valence-corrected chi connectivity index (χ4v) is 4.77. The van der Waals surface area contributed by atoms with Gasteiger partial charge in [-0.25, -0.2) is 14.4 Å². The van der Waals surface area contributed by atoms with E-state index in [1.807, 2.05) is 24.8 Å². The number of piperidine rings is 1. The van der Waals surface area contributed by atoms with Crippen molar-refractivity contribution in [3.8, 4) is 0 Å². The van der Waals surface area contributed by atoms with Crippen LogP contribution in [0.25, 0.3) is 0 Å². The summed E-state index contributed by atoms with van der Waals surface area (Å²) in [5, 5.41) is 3.95. The highest BCUT2D eigenvalue weighted by atomic mass is 32.1. The minimum absolute atomic E-state index is 0.0189. The minimum Gasteiger partial charge on any atom is -0.445 e. The first kappa shape index (κ1) is 20.5. The second-order valence-electron chi connectivity index (χ2n) is 7.53. The quantitative estimate of drug-likeness (QED) is 0.620. The number of halogens is 1. The molecule has 1 saturated heterocycles. The molecule has 8 heteroatoms. The number of aryl methyl sites for hydroxylation is 1. The summed E-state index contributed by atoms with van der Waals surface area (Å²) in [7, 11) is 0. The van der Waals surface area contributed by atoms with Crippen LogP contribution < -0.4 is 5.32 Å².